The van der Waals surface area contributed by atoms with E-state index in [-0.39, 0.29) is 10.8 Å². The lowest BCUT2D eigenvalue weighted by atomic mass is 9.55. The summed E-state index contributed by atoms with van der Waals surface area (Å²) in [6.45, 7) is 9.39. The van der Waals surface area contributed by atoms with Gasteiger partial charge in [0.25, 0.3) is 0 Å². The minimum absolute atomic E-state index is 0.163. The summed E-state index contributed by atoms with van der Waals surface area (Å²) in [6, 6.07) is 68.6. The van der Waals surface area contributed by atoms with Crippen LogP contribution in [0.4, 0.5) is 0 Å². The first-order chi connectivity index (χ1) is 29.8. The van der Waals surface area contributed by atoms with E-state index >= 15 is 0 Å². The number of benzene rings is 8. The number of hydrogen-bond acceptors (Lipinski definition) is 3. The van der Waals surface area contributed by atoms with Gasteiger partial charge in [-0.25, -0.2) is 15.0 Å². The fraction of sp³-hybridized carbons (Fsp3) is 0.121. The molecule has 0 unspecified atom stereocenters. The van der Waals surface area contributed by atoms with Crippen LogP contribution in [-0.4, -0.2) is 15.0 Å². The monoisotopic (exact) mass is 781 g/mol. The number of aromatic nitrogens is 3. The molecule has 1 spiro atoms. The summed E-state index contributed by atoms with van der Waals surface area (Å²) in [4.78, 5) is 16.2. The molecule has 0 fully saturated rings. The van der Waals surface area contributed by atoms with E-state index in [9.17, 15) is 0 Å². The molecule has 9 aromatic rings. The molecule has 0 atom stereocenters. The van der Waals surface area contributed by atoms with Crippen LogP contribution in [0.3, 0.4) is 0 Å². The summed E-state index contributed by atoms with van der Waals surface area (Å²) < 4.78 is 0. The zero-order valence-electron chi connectivity index (χ0n) is 34.7. The highest BCUT2D eigenvalue weighted by Crippen LogP contribution is 2.63. The Morgan fingerprint density at radius 3 is 1.44 bits per heavy atom. The van der Waals surface area contributed by atoms with Gasteiger partial charge in [-0.1, -0.05) is 204 Å². The van der Waals surface area contributed by atoms with Crippen LogP contribution in [0.2, 0.25) is 0 Å². The van der Waals surface area contributed by atoms with Crippen molar-refractivity contribution in [3.63, 3.8) is 0 Å². The van der Waals surface area contributed by atoms with Gasteiger partial charge in [0.15, 0.2) is 17.5 Å². The van der Waals surface area contributed by atoms with E-state index in [1.54, 1.807) is 0 Å². The van der Waals surface area contributed by atoms with Gasteiger partial charge in [0, 0.05) is 27.5 Å². The van der Waals surface area contributed by atoms with Crippen LogP contribution in [0.15, 0.2) is 188 Å². The number of hydrogen-bond donors (Lipinski definition) is 0. The van der Waals surface area contributed by atoms with Crippen molar-refractivity contribution in [2.24, 2.45) is 0 Å². The number of rotatable bonds is 4. The lowest BCUT2D eigenvalue weighted by Gasteiger charge is -2.46. The summed E-state index contributed by atoms with van der Waals surface area (Å²) in [5.74, 6) is 1.97. The van der Waals surface area contributed by atoms with Gasteiger partial charge in [-0.2, -0.15) is 0 Å². The second-order valence-corrected chi connectivity index (χ2v) is 17.9. The predicted molar refractivity (Wildman–Crippen MR) is 249 cm³/mol. The van der Waals surface area contributed by atoms with E-state index in [0.717, 1.165) is 27.8 Å². The molecule has 3 heteroatoms. The van der Waals surface area contributed by atoms with Crippen molar-refractivity contribution in [1.29, 1.82) is 0 Å². The lowest BCUT2D eigenvalue weighted by Crippen LogP contribution is -2.40. The summed E-state index contributed by atoms with van der Waals surface area (Å²) in [5, 5.41) is 0. The molecule has 0 N–H and O–H groups in total. The van der Waals surface area contributed by atoms with Gasteiger partial charge >= 0.3 is 0 Å². The molecule has 3 aliphatic carbocycles. The third kappa shape index (κ3) is 4.95. The van der Waals surface area contributed by atoms with Crippen LogP contribution in [0.5, 0.6) is 0 Å². The first kappa shape index (κ1) is 35.7. The molecule has 61 heavy (non-hydrogen) atoms. The summed E-state index contributed by atoms with van der Waals surface area (Å²) in [5.41, 5.74) is 19.8. The van der Waals surface area contributed by atoms with Gasteiger partial charge in [0.05, 0.1) is 5.41 Å². The molecule has 0 saturated heterocycles. The molecule has 1 heterocycles. The van der Waals surface area contributed by atoms with E-state index in [1.165, 1.54) is 66.8 Å². The van der Waals surface area contributed by atoms with Crippen molar-refractivity contribution >= 4 is 0 Å². The molecule has 3 nitrogen and oxygen atoms in total. The Labute approximate surface area is 357 Å². The lowest BCUT2D eigenvalue weighted by molar-refractivity contribution is 0.563. The third-order valence-electron chi connectivity index (χ3n) is 14.0. The molecule has 12 rings (SSSR count). The Balaban J connectivity index is 1.12. The molecule has 1 aromatic heterocycles. The van der Waals surface area contributed by atoms with Gasteiger partial charge in [-0.3, -0.25) is 0 Å². The minimum Gasteiger partial charge on any atom is -0.208 e. The van der Waals surface area contributed by atoms with Crippen LogP contribution in [-0.2, 0) is 16.2 Å². The molecule has 3 aliphatic rings. The highest BCUT2D eigenvalue weighted by Gasteiger charge is 2.53. The van der Waals surface area contributed by atoms with Gasteiger partial charge in [-0.15, -0.1) is 0 Å². The second-order valence-electron chi connectivity index (χ2n) is 17.9. The van der Waals surface area contributed by atoms with E-state index < -0.39 is 5.41 Å². The Kier molecular flexibility index (Phi) is 7.54. The zero-order chi connectivity index (χ0) is 41.1. The topological polar surface area (TPSA) is 38.7 Å². The Morgan fingerprint density at radius 2 is 0.738 bits per heavy atom. The van der Waals surface area contributed by atoms with Crippen LogP contribution >= 0.6 is 0 Å². The van der Waals surface area contributed by atoms with Crippen molar-refractivity contribution in [2.75, 3.05) is 0 Å². The first-order valence-electron chi connectivity index (χ1n) is 21.4. The Morgan fingerprint density at radius 1 is 0.279 bits per heavy atom. The van der Waals surface area contributed by atoms with Crippen molar-refractivity contribution in [2.45, 2.75) is 43.9 Å². The normalized spacial score (nSPS) is 15.3. The van der Waals surface area contributed by atoms with Crippen LogP contribution in [0.25, 0.3) is 67.5 Å². The maximum Gasteiger partial charge on any atom is 0.164 e. The van der Waals surface area contributed by atoms with Crippen LogP contribution in [0.1, 0.15) is 72.2 Å². The summed E-state index contributed by atoms with van der Waals surface area (Å²) >= 11 is 0. The fourth-order valence-electron chi connectivity index (χ4n) is 11.2. The van der Waals surface area contributed by atoms with Crippen molar-refractivity contribution in [1.82, 2.24) is 15.0 Å². The maximum absolute atomic E-state index is 5.48. The van der Waals surface area contributed by atoms with Crippen molar-refractivity contribution in [3.8, 4) is 67.5 Å². The largest absolute Gasteiger partial charge is 0.208 e. The molecule has 0 aliphatic heterocycles. The van der Waals surface area contributed by atoms with E-state index in [1.807, 2.05) is 0 Å². The molecule has 0 radical (unpaired) electrons. The number of nitrogens with zero attached hydrogens (tertiary/aromatic N) is 3. The quantitative estimate of drug-likeness (QED) is 0.178. The molecular formula is C58H43N3. The summed E-state index contributed by atoms with van der Waals surface area (Å²) in [7, 11) is 0. The van der Waals surface area contributed by atoms with E-state index in [0.29, 0.717) is 17.5 Å². The highest BCUT2D eigenvalue weighted by atomic mass is 15.0. The summed E-state index contributed by atoms with van der Waals surface area (Å²) in [6.07, 6.45) is 0. The average molecular weight is 782 g/mol. The molecule has 0 saturated carbocycles. The van der Waals surface area contributed by atoms with Gasteiger partial charge in [0.2, 0.25) is 0 Å². The minimum atomic E-state index is -0.520. The van der Waals surface area contributed by atoms with Crippen molar-refractivity contribution in [3.05, 3.63) is 233 Å². The Hall–Kier alpha value is -7.23. The SMILES string of the molecule is CC1(C)c2ccccc2-c2ccc(-c3nc(-c4cccc(-c5ccccc5)c4)nc(-c4cccc5c4-c4ccccc4C54c5ccccc5C(C)(C)c5ccccc54)n3)cc21. The zero-order valence-corrected chi connectivity index (χ0v) is 34.7. The standard InChI is InChI=1S/C58H43N3/c1-56(2)44-25-10-8-22-40(44)41-33-32-39(35-51(41)56)54-59-53(38-21-16-20-37(34-38)36-18-6-5-7-19-36)60-55(61-54)43-24-17-31-50-52(43)42-23-9-11-26-45(42)58(50)48-29-14-12-27-46(48)57(3,4)47-28-13-15-30-49(47)58/h5-35H,1-4H3. The predicted octanol–water partition coefficient (Wildman–Crippen LogP) is 13.8. The second kappa shape index (κ2) is 12.9. The van der Waals surface area contributed by atoms with Crippen molar-refractivity contribution < 1.29 is 0 Å². The van der Waals surface area contributed by atoms with Gasteiger partial charge in [0.1, 0.15) is 0 Å². The molecule has 8 aromatic carbocycles. The smallest absolute Gasteiger partial charge is 0.164 e. The fourth-order valence-corrected chi connectivity index (χ4v) is 11.2. The van der Waals surface area contributed by atoms with E-state index in [4.69, 9.17) is 15.0 Å². The average Bonchev–Trinajstić information content (AvgIpc) is 3.74. The third-order valence-corrected chi connectivity index (χ3v) is 14.0. The van der Waals surface area contributed by atoms with Crippen LogP contribution < -0.4 is 0 Å². The van der Waals surface area contributed by atoms with E-state index in [2.05, 4.69) is 216 Å². The first-order valence-corrected chi connectivity index (χ1v) is 21.4. The molecule has 290 valence electrons. The molecule has 0 amide bonds. The van der Waals surface area contributed by atoms with Gasteiger partial charge in [-0.05, 0) is 90.0 Å². The highest BCUT2D eigenvalue weighted by molar-refractivity contribution is 5.96. The molecule has 0 bridgehead atoms. The van der Waals surface area contributed by atoms with Crippen LogP contribution in [0, 0.1) is 0 Å². The maximum atomic E-state index is 5.48. The molecular weight excluding hydrogens is 739 g/mol. The Bertz CT molecular complexity index is 3210. The number of fused-ring (bicyclic) bond motifs is 12. The van der Waals surface area contributed by atoms with Gasteiger partial charge < -0.3 is 0 Å².